The Morgan fingerprint density at radius 1 is 1.67 bits per heavy atom. The van der Waals surface area contributed by atoms with Crippen LogP contribution in [0.4, 0.5) is 8.78 Å². The minimum absolute atomic E-state index is 0.0654. The lowest BCUT2D eigenvalue weighted by molar-refractivity contribution is -0.216. The minimum atomic E-state index is -3.79. The predicted molar refractivity (Wildman–Crippen MR) is 56.7 cm³/mol. The second-order valence-corrected chi connectivity index (χ2v) is 4.53. The Hall–Kier alpha value is -1.57. The summed E-state index contributed by atoms with van der Waals surface area (Å²) in [5.74, 6) is -5.01. The summed E-state index contributed by atoms with van der Waals surface area (Å²) < 4.78 is 27.5. The summed E-state index contributed by atoms with van der Waals surface area (Å²) in [7, 11) is 0. The van der Waals surface area contributed by atoms with Gasteiger partial charge < -0.3 is 10.4 Å². The third-order valence-corrected chi connectivity index (χ3v) is 3.24. The molecule has 3 N–H and O–H groups in total. The zero-order chi connectivity index (χ0) is 13.4. The van der Waals surface area contributed by atoms with Crippen molar-refractivity contribution in [1.29, 1.82) is 0 Å². The highest BCUT2D eigenvalue weighted by molar-refractivity contribution is 5.85. The molecule has 1 aromatic heterocycles. The molecule has 0 aliphatic heterocycles. The highest BCUT2D eigenvalue weighted by atomic mass is 19.3. The molecule has 1 unspecified atom stereocenters. The second kappa shape index (κ2) is 4.27. The molecule has 0 saturated heterocycles. The Morgan fingerprint density at radius 3 is 2.78 bits per heavy atom. The lowest BCUT2D eigenvalue weighted by Gasteiger charge is -2.41. The van der Waals surface area contributed by atoms with Gasteiger partial charge in [-0.05, 0) is 26.2 Å². The monoisotopic (exact) mass is 260 g/mol. The Bertz CT molecular complexity index is 431. The van der Waals surface area contributed by atoms with Gasteiger partial charge in [0.15, 0.2) is 0 Å². The number of hydrogen-bond acceptors (Lipinski definition) is 4. The number of H-pyrrole nitrogens is 1. The van der Waals surface area contributed by atoms with Crippen LogP contribution in [0.25, 0.3) is 0 Å². The molecule has 1 heterocycles. The van der Waals surface area contributed by atoms with E-state index in [4.69, 9.17) is 0 Å². The van der Waals surface area contributed by atoms with Gasteiger partial charge >= 0.3 is 5.92 Å². The van der Waals surface area contributed by atoms with Gasteiger partial charge in [-0.15, -0.1) is 0 Å². The molecule has 1 fully saturated rings. The Morgan fingerprint density at radius 2 is 2.33 bits per heavy atom. The van der Waals surface area contributed by atoms with Gasteiger partial charge in [0, 0.05) is 0 Å². The first-order valence-corrected chi connectivity index (χ1v) is 5.63. The van der Waals surface area contributed by atoms with Crippen molar-refractivity contribution in [1.82, 2.24) is 20.5 Å². The molecule has 100 valence electrons. The van der Waals surface area contributed by atoms with E-state index in [9.17, 15) is 18.7 Å². The third kappa shape index (κ3) is 1.96. The highest BCUT2D eigenvalue weighted by Gasteiger charge is 2.61. The number of hydrogen-bond donors (Lipinski definition) is 3. The molecule has 1 aliphatic rings. The van der Waals surface area contributed by atoms with Crippen molar-refractivity contribution in [2.24, 2.45) is 0 Å². The molecule has 2 rings (SSSR count). The van der Waals surface area contributed by atoms with Gasteiger partial charge in [-0.25, -0.2) is 4.98 Å². The van der Waals surface area contributed by atoms with E-state index in [1.54, 1.807) is 0 Å². The minimum Gasteiger partial charge on any atom is -0.383 e. The van der Waals surface area contributed by atoms with Crippen molar-refractivity contribution in [3.8, 4) is 0 Å². The number of alkyl halides is 2. The van der Waals surface area contributed by atoms with Gasteiger partial charge in [0.2, 0.25) is 0 Å². The largest absolute Gasteiger partial charge is 0.383 e. The van der Waals surface area contributed by atoms with Gasteiger partial charge in [-0.2, -0.15) is 13.9 Å². The van der Waals surface area contributed by atoms with E-state index >= 15 is 0 Å². The van der Waals surface area contributed by atoms with Gasteiger partial charge in [-0.3, -0.25) is 9.89 Å². The van der Waals surface area contributed by atoms with E-state index in [1.165, 1.54) is 13.3 Å². The van der Waals surface area contributed by atoms with Crippen molar-refractivity contribution < 1.29 is 18.7 Å². The molecule has 0 bridgehead atoms. The fourth-order valence-corrected chi connectivity index (χ4v) is 1.82. The number of halogens is 2. The number of carbonyl (C=O) groups excluding carboxylic acids is 1. The van der Waals surface area contributed by atoms with E-state index in [2.05, 4.69) is 20.5 Å². The highest BCUT2D eigenvalue weighted by Crippen LogP contribution is 2.44. The number of rotatable bonds is 4. The van der Waals surface area contributed by atoms with Gasteiger partial charge in [0.25, 0.3) is 5.91 Å². The summed E-state index contributed by atoms with van der Waals surface area (Å²) in [5.41, 5.74) is -2.21. The third-order valence-electron chi connectivity index (χ3n) is 3.24. The van der Waals surface area contributed by atoms with Crippen LogP contribution >= 0.6 is 0 Å². The predicted octanol–water partition coefficient (Wildman–Crippen LogP) is 0.532. The quantitative estimate of drug-likeness (QED) is 0.736. The summed E-state index contributed by atoms with van der Waals surface area (Å²) in [6.45, 7) is 1.50. The van der Waals surface area contributed by atoms with Gasteiger partial charge in [-0.1, -0.05) is 0 Å². The van der Waals surface area contributed by atoms with Crippen LogP contribution in [-0.2, 0) is 4.79 Å². The molecule has 1 aromatic rings. The first-order chi connectivity index (χ1) is 8.37. The molecule has 18 heavy (non-hydrogen) atoms. The fraction of sp³-hybridized carbons (Fsp3) is 0.700. The number of amides is 1. The van der Waals surface area contributed by atoms with Crippen molar-refractivity contribution in [3.63, 3.8) is 0 Å². The topological polar surface area (TPSA) is 90.9 Å². The number of nitrogens with zero attached hydrogens (tertiary/aromatic N) is 2. The summed E-state index contributed by atoms with van der Waals surface area (Å²) in [5, 5.41) is 17.8. The van der Waals surface area contributed by atoms with Crippen LogP contribution in [0.1, 0.15) is 38.1 Å². The summed E-state index contributed by atoms with van der Waals surface area (Å²) in [6.07, 6.45) is 1.58. The van der Waals surface area contributed by atoms with Crippen molar-refractivity contribution in [2.45, 2.75) is 43.8 Å². The van der Waals surface area contributed by atoms with Crippen LogP contribution in [0.2, 0.25) is 0 Å². The van der Waals surface area contributed by atoms with Crippen LogP contribution in [0, 0.1) is 0 Å². The maximum atomic E-state index is 13.7. The molecule has 0 aromatic carbocycles. The van der Waals surface area contributed by atoms with E-state index in [0.29, 0.717) is 6.42 Å². The fourth-order valence-electron chi connectivity index (χ4n) is 1.82. The zero-order valence-electron chi connectivity index (χ0n) is 9.78. The number of aromatic nitrogens is 3. The molecule has 0 spiro atoms. The first kappa shape index (κ1) is 12.9. The Balaban J connectivity index is 2.03. The smallest absolute Gasteiger partial charge is 0.352 e. The average Bonchev–Trinajstić information content (AvgIpc) is 2.78. The molecular weight excluding hydrogens is 246 g/mol. The molecule has 1 aliphatic carbocycles. The van der Waals surface area contributed by atoms with Crippen molar-refractivity contribution >= 4 is 5.91 Å². The summed E-state index contributed by atoms with van der Waals surface area (Å²) in [4.78, 5) is 15.3. The van der Waals surface area contributed by atoms with Gasteiger partial charge in [0.1, 0.15) is 17.8 Å². The first-order valence-electron chi connectivity index (χ1n) is 5.63. The molecule has 0 radical (unpaired) electrons. The maximum Gasteiger partial charge on any atom is 0.352 e. The lowest BCUT2D eigenvalue weighted by Crippen LogP contribution is -2.60. The normalized spacial score (nSPS) is 20.0. The van der Waals surface area contributed by atoms with Crippen LogP contribution < -0.4 is 5.32 Å². The molecule has 8 heteroatoms. The van der Waals surface area contributed by atoms with Crippen LogP contribution in [-0.4, -0.2) is 37.7 Å². The number of aliphatic hydroxyl groups is 1. The number of aromatic amines is 1. The van der Waals surface area contributed by atoms with Crippen molar-refractivity contribution in [2.75, 3.05) is 0 Å². The summed E-state index contributed by atoms with van der Waals surface area (Å²) >= 11 is 0. The summed E-state index contributed by atoms with van der Waals surface area (Å²) in [6, 6.07) is -0.727. The molecule has 1 saturated carbocycles. The molecule has 1 amide bonds. The van der Waals surface area contributed by atoms with Gasteiger partial charge in [0.05, 0.1) is 6.04 Å². The van der Waals surface area contributed by atoms with Crippen LogP contribution in [0.15, 0.2) is 6.33 Å². The Labute approximate surface area is 102 Å². The van der Waals surface area contributed by atoms with Crippen molar-refractivity contribution in [3.05, 3.63) is 12.2 Å². The standard InChI is InChI=1S/C10H14F2N4O2/c1-6(7-13-5-14-16-7)15-8(17)10(11,12)9(18)3-2-4-9/h5-6,18H,2-4H2,1H3,(H,15,17)(H,13,14,16). The van der Waals surface area contributed by atoms with Crippen LogP contribution in [0.5, 0.6) is 0 Å². The Kier molecular flexibility index (Phi) is 3.05. The number of carbonyl (C=O) groups is 1. The van der Waals surface area contributed by atoms with E-state index < -0.39 is 23.5 Å². The molecule has 6 nitrogen and oxygen atoms in total. The molecule has 1 atom stereocenters. The average molecular weight is 260 g/mol. The van der Waals surface area contributed by atoms with E-state index in [-0.39, 0.29) is 18.7 Å². The van der Waals surface area contributed by atoms with Crippen LogP contribution in [0.3, 0.4) is 0 Å². The molecular formula is C10H14F2N4O2. The SMILES string of the molecule is CC(NC(=O)C(F)(F)C1(O)CCC1)c1ncn[nH]1. The zero-order valence-corrected chi connectivity index (χ0v) is 9.78. The van der Waals surface area contributed by atoms with E-state index in [1.807, 2.05) is 0 Å². The van der Waals surface area contributed by atoms with E-state index in [0.717, 1.165) is 0 Å². The second-order valence-electron chi connectivity index (χ2n) is 4.53. The maximum absolute atomic E-state index is 13.7. The number of nitrogens with one attached hydrogen (secondary N) is 2. The lowest BCUT2D eigenvalue weighted by atomic mass is 9.75.